The number of hydrogen-bond acceptors (Lipinski definition) is 2. The Kier molecular flexibility index (Phi) is 5.40. The van der Waals surface area contributed by atoms with Gasteiger partial charge in [0, 0.05) is 11.2 Å². The average Bonchev–Trinajstić information content (AvgIpc) is 2.82. The van der Waals surface area contributed by atoms with Crippen LogP contribution in [0.1, 0.15) is 43.9 Å². The predicted molar refractivity (Wildman–Crippen MR) is 78.4 cm³/mol. The largest absolute Gasteiger partial charge is 0.248 e. The molecule has 102 valence electrons. The molecule has 0 fully saturated rings. The van der Waals surface area contributed by atoms with Crippen molar-refractivity contribution in [2.24, 2.45) is 0 Å². The van der Waals surface area contributed by atoms with Crippen molar-refractivity contribution in [2.75, 3.05) is 0 Å². The number of unbranched alkanes of at least 4 members (excludes halogenated alkanes) is 3. The first-order valence-electron chi connectivity index (χ1n) is 6.91. The summed E-state index contributed by atoms with van der Waals surface area (Å²) in [5.74, 6) is 0. The summed E-state index contributed by atoms with van der Waals surface area (Å²) in [6.45, 7) is 2.95. The fourth-order valence-corrected chi connectivity index (χ4v) is 2.30. The van der Waals surface area contributed by atoms with Gasteiger partial charge in [0.25, 0.3) is 0 Å². The lowest BCUT2D eigenvalue weighted by Gasteiger charge is -2.01. The normalized spacial score (nSPS) is 10.8. The van der Waals surface area contributed by atoms with E-state index in [-0.39, 0.29) is 0 Å². The van der Waals surface area contributed by atoms with E-state index in [1.165, 1.54) is 25.7 Å². The van der Waals surface area contributed by atoms with Crippen molar-refractivity contribution in [1.82, 2.24) is 15.0 Å². The highest BCUT2D eigenvalue weighted by molar-refractivity contribution is 6.30. The highest BCUT2D eigenvalue weighted by atomic mass is 35.5. The van der Waals surface area contributed by atoms with E-state index in [1.807, 2.05) is 29.1 Å². The number of nitrogens with zero attached hydrogens (tertiary/aromatic N) is 3. The van der Waals surface area contributed by atoms with Crippen molar-refractivity contribution in [1.29, 1.82) is 0 Å². The summed E-state index contributed by atoms with van der Waals surface area (Å²) >= 11 is 5.97. The van der Waals surface area contributed by atoms with E-state index in [1.54, 1.807) is 0 Å². The fourth-order valence-electron chi connectivity index (χ4n) is 2.09. The van der Waals surface area contributed by atoms with Crippen LogP contribution in [0.4, 0.5) is 0 Å². The average molecular weight is 278 g/mol. The molecule has 3 nitrogen and oxygen atoms in total. The van der Waals surface area contributed by atoms with Gasteiger partial charge in [-0.1, -0.05) is 55.1 Å². The van der Waals surface area contributed by atoms with Gasteiger partial charge in [-0.15, -0.1) is 5.10 Å². The highest BCUT2D eigenvalue weighted by Gasteiger charge is 2.02. The van der Waals surface area contributed by atoms with E-state index in [2.05, 4.69) is 23.3 Å². The van der Waals surface area contributed by atoms with E-state index in [0.29, 0.717) is 0 Å². The van der Waals surface area contributed by atoms with Crippen LogP contribution in [0.5, 0.6) is 0 Å². The molecule has 0 bridgehead atoms. The highest BCUT2D eigenvalue weighted by Crippen LogP contribution is 2.12. The van der Waals surface area contributed by atoms with Crippen molar-refractivity contribution in [2.45, 2.75) is 45.6 Å². The van der Waals surface area contributed by atoms with Gasteiger partial charge in [-0.05, 0) is 30.5 Å². The van der Waals surface area contributed by atoms with E-state index in [4.69, 9.17) is 11.6 Å². The summed E-state index contributed by atoms with van der Waals surface area (Å²) in [5, 5.41) is 9.14. The van der Waals surface area contributed by atoms with Crippen LogP contribution < -0.4 is 0 Å². The minimum atomic E-state index is 0.725. The van der Waals surface area contributed by atoms with E-state index < -0.39 is 0 Å². The Hall–Kier alpha value is -1.35. The molecule has 2 aromatic rings. The predicted octanol–water partition coefficient (Wildman–Crippen LogP) is 4.10. The Morgan fingerprint density at radius 1 is 1.21 bits per heavy atom. The number of aryl methyl sites for hydroxylation is 1. The van der Waals surface area contributed by atoms with Gasteiger partial charge in [0.2, 0.25) is 0 Å². The second-order valence-electron chi connectivity index (χ2n) is 4.85. The third-order valence-corrected chi connectivity index (χ3v) is 3.34. The van der Waals surface area contributed by atoms with Crippen LogP contribution in [-0.2, 0) is 13.0 Å². The maximum atomic E-state index is 5.97. The molecule has 0 aliphatic carbocycles. The third-order valence-electron chi connectivity index (χ3n) is 3.11. The zero-order chi connectivity index (χ0) is 13.5. The maximum Gasteiger partial charge on any atom is 0.0827 e. The van der Waals surface area contributed by atoms with Crippen molar-refractivity contribution in [3.05, 3.63) is 46.7 Å². The molecular weight excluding hydrogens is 258 g/mol. The SMILES string of the molecule is CCCCCCc1cn(Cc2cccc(Cl)c2)nn1. The first-order valence-corrected chi connectivity index (χ1v) is 7.29. The molecular formula is C15H20ClN3. The zero-order valence-corrected chi connectivity index (χ0v) is 12.1. The van der Waals surface area contributed by atoms with Gasteiger partial charge < -0.3 is 0 Å². The lowest BCUT2D eigenvalue weighted by molar-refractivity contribution is 0.646. The summed E-state index contributed by atoms with van der Waals surface area (Å²) in [6, 6.07) is 7.85. The van der Waals surface area contributed by atoms with Crippen LogP contribution in [0.25, 0.3) is 0 Å². The molecule has 0 amide bonds. The summed E-state index contributed by atoms with van der Waals surface area (Å²) in [6.07, 6.45) is 8.10. The molecule has 2 rings (SSSR count). The first kappa shape index (κ1) is 14.1. The minimum Gasteiger partial charge on any atom is -0.248 e. The molecule has 0 aliphatic rings. The Labute approximate surface area is 119 Å². The summed E-state index contributed by atoms with van der Waals surface area (Å²) in [5.41, 5.74) is 2.23. The zero-order valence-electron chi connectivity index (χ0n) is 11.3. The smallest absolute Gasteiger partial charge is 0.0827 e. The van der Waals surface area contributed by atoms with E-state index in [0.717, 1.165) is 29.2 Å². The molecule has 0 saturated heterocycles. The van der Waals surface area contributed by atoms with Crippen LogP contribution in [0, 0.1) is 0 Å². The van der Waals surface area contributed by atoms with Crippen LogP contribution in [0.3, 0.4) is 0 Å². The minimum absolute atomic E-state index is 0.725. The molecule has 19 heavy (non-hydrogen) atoms. The van der Waals surface area contributed by atoms with Crippen molar-refractivity contribution in [3.63, 3.8) is 0 Å². The number of aromatic nitrogens is 3. The Morgan fingerprint density at radius 3 is 2.89 bits per heavy atom. The van der Waals surface area contributed by atoms with Crippen molar-refractivity contribution >= 4 is 11.6 Å². The maximum absolute atomic E-state index is 5.97. The molecule has 1 heterocycles. The van der Waals surface area contributed by atoms with Crippen molar-refractivity contribution in [3.8, 4) is 0 Å². The molecule has 1 aromatic heterocycles. The number of rotatable bonds is 7. The lowest BCUT2D eigenvalue weighted by Crippen LogP contribution is -2.00. The van der Waals surface area contributed by atoms with E-state index in [9.17, 15) is 0 Å². The van der Waals surface area contributed by atoms with Gasteiger partial charge in [-0.25, -0.2) is 4.68 Å². The number of hydrogen-bond donors (Lipinski definition) is 0. The summed E-state index contributed by atoms with van der Waals surface area (Å²) in [7, 11) is 0. The molecule has 0 unspecified atom stereocenters. The monoisotopic (exact) mass is 277 g/mol. The summed E-state index contributed by atoms with van der Waals surface area (Å²) in [4.78, 5) is 0. The Morgan fingerprint density at radius 2 is 2.11 bits per heavy atom. The number of halogens is 1. The van der Waals surface area contributed by atoms with Gasteiger partial charge in [0.15, 0.2) is 0 Å². The molecule has 0 spiro atoms. The van der Waals surface area contributed by atoms with Crippen LogP contribution in [0.2, 0.25) is 5.02 Å². The second kappa shape index (κ2) is 7.29. The molecule has 0 N–H and O–H groups in total. The topological polar surface area (TPSA) is 30.7 Å². The summed E-state index contributed by atoms with van der Waals surface area (Å²) < 4.78 is 1.88. The van der Waals surface area contributed by atoms with E-state index >= 15 is 0 Å². The number of benzene rings is 1. The van der Waals surface area contributed by atoms with Gasteiger partial charge in [0.1, 0.15) is 0 Å². The van der Waals surface area contributed by atoms with Crippen molar-refractivity contribution < 1.29 is 0 Å². The Balaban J connectivity index is 1.87. The first-order chi connectivity index (χ1) is 9.28. The molecule has 0 saturated carbocycles. The molecule has 0 atom stereocenters. The molecule has 0 aliphatic heterocycles. The van der Waals surface area contributed by atoms with Gasteiger partial charge in [0.05, 0.1) is 12.2 Å². The molecule has 1 aromatic carbocycles. The molecule has 0 radical (unpaired) electrons. The lowest BCUT2D eigenvalue weighted by atomic mass is 10.1. The van der Waals surface area contributed by atoms with Gasteiger partial charge >= 0.3 is 0 Å². The van der Waals surface area contributed by atoms with Gasteiger partial charge in [-0.2, -0.15) is 0 Å². The van der Waals surface area contributed by atoms with Crippen LogP contribution in [0.15, 0.2) is 30.5 Å². The van der Waals surface area contributed by atoms with Crippen LogP contribution in [-0.4, -0.2) is 15.0 Å². The van der Waals surface area contributed by atoms with Gasteiger partial charge in [-0.3, -0.25) is 0 Å². The molecule has 4 heteroatoms. The fraction of sp³-hybridized carbons (Fsp3) is 0.467. The standard InChI is InChI=1S/C15H20ClN3/c1-2-3-4-5-9-15-12-19(18-17-15)11-13-7-6-8-14(16)10-13/h6-8,10,12H,2-5,9,11H2,1H3. The second-order valence-corrected chi connectivity index (χ2v) is 5.28. The van der Waals surface area contributed by atoms with Crippen LogP contribution >= 0.6 is 11.6 Å². The quantitative estimate of drug-likeness (QED) is 0.713. The Bertz CT molecular complexity index is 508. The third kappa shape index (κ3) is 4.67.